The summed E-state index contributed by atoms with van der Waals surface area (Å²) in [4.78, 5) is 28.0. The zero-order valence-electron chi connectivity index (χ0n) is 21.0. The number of aromatic amines is 1. The number of ether oxygens (including phenoxy) is 3. The first-order valence-electron chi connectivity index (χ1n) is 12.4. The quantitative estimate of drug-likeness (QED) is 0.189. The molecule has 200 valence electrons. The third-order valence-corrected chi connectivity index (χ3v) is 7.63. The van der Waals surface area contributed by atoms with Gasteiger partial charge in [0.1, 0.15) is 17.5 Å². The average Bonchev–Trinajstić information content (AvgIpc) is 3.40. The molecule has 0 unspecified atom stereocenters. The highest BCUT2D eigenvalue weighted by molar-refractivity contribution is 9.10. The lowest BCUT2D eigenvalue weighted by Gasteiger charge is -2.20. The Morgan fingerprint density at radius 3 is 2.00 bits per heavy atom. The number of fused-ring (bicyclic) bond motifs is 1. The molecule has 2 heterocycles. The summed E-state index contributed by atoms with van der Waals surface area (Å²) in [5.41, 5.74) is 3.41. The highest BCUT2D eigenvalue weighted by Crippen LogP contribution is 2.32. The van der Waals surface area contributed by atoms with Gasteiger partial charge in [0.25, 0.3) is 5.56 Å². The van der Waals surface area contributed by atoms with Gasteiger partial charge in [-0.1, -0.05) is 88.7 Å². The maximum atomic E-state index is 13.0. The van der Waals surface area contributed by atoms with Crippen molar-refractivity contribution in [3.8, 4) is 11.1 Å². The lowest BCUT2D eigenvalue weighted by molar-refractivity contribution is -0.0873. The Kier molecular flexibility index (Phi) is 9.18. The molecular weight excluding hydrogens is 580 g/mol. The zero-order chi connectivity index (χ0) is 27.0. The van der Waals surface area contributed by atoms with Gasteiger partial charge in [-0.3, -0.25) is 14.3 Å². The van der Waals surface area contributed by atoms with Crippen LogP contribution in [0.1, 0.15) is 11.1 Å². The van der Waals surface area contributed by atoms with Crippen LogP contribution in [0.3, 0.4) is 0 Å². The Morgan fingerprint density at radius 2 is 1.41 bits per heavy atom. The van der Waals surface area contributed by atoms with Gasteiger partial charge < -0.3 is 14.2 Å². The van der Waals surface area contributed by atoms with Gasteiger partial charge in [-0.15, -0.1) is 11.3 Å². The molecule has 1 N–H and O–H groups in total. The van der Waals surface area contributed by atoms with Crippen LogP contribution in [-0.4, -0.2) is 28.9 Å². The SMILES string of the molecule is O=c1[nH]c(=O)n(COC(COCc2ccccc2)COCc2ccccc2)c2c(-c3ccc(Br)cc3)csc12. The summed E-state index contributed by atoms with van der Waals surface area (Å²) >= 11 is 4.76. The second-order valence-electron chi connectivity index (χ2n) is 8.94. The molecule has 0 aliphatic heterocycles. The maximum Gasteiger partial charge on any atom is 0.330 e. The fourth-order valence-electron chi connectivity index (χ4n) is 4.15. The van der Waals surface area contributed by atoms with Gasteiger partial charge in [0, 0.05) is 15.4 Å². The monoisotopic (exact) mass is 606 g/mol. The number of benzene rings is 3. The average molecular weight is 608 g/mol. The van der Waals surface area contributed by atoms with E-state index in [1.807, 2.05) is 90.3 Å². The summed E-state index contributed by atoms with van der Waals surface area (Å²) in [6, 6.07) is 27.5. The molecule has 0 saturated heterocycles. The molecule has 0 radical (unpaired) electrons. The molecule has 5 rings (SSSR count). The van der Waals surface area contributed by atoms with Crippen molar-refractivity contribution in [2.45, 2.75) is 26.0 Å². The summed E-state index contributed by atoms with van der Waals surface area (Å²) < 4.78 is 21.0. The van der Waals surface area contributed by atoms with E-state index in [2.05, 4.69) is 20.9 Å². The molecule has 2 aromatic heterocycles. The minimum absolute atomic E-state index is 0.0690. The van der Waals surface area contributed by atoms with E-state index >= 15 is 0 Å². The fraction of sp³-hybridized carbons (Fsp3) is 0.200. The molecule has 0 saturated carbocycles. The maximum absolute atomic E-state index is 13.0. The predicted molar refractivity (Wildman–Crippen MR) is 157 cm³/mol. The van der Waals surface area contributed by atoms with Gasteiger partial charge >= 0.3 is 5.69 Å². The zero-order valence-corrected chi connectivity index (χ0v) is 23.5. The van der Waals surface area contributed by atoms with Crippen molar-refractivity contribution in [3.63, 3.8) is 0 Å². The molecule has 0 amide bonds. The van der Waals surface area contributed by atoms with E-state index in [9.17, 15) is 9.59 Å². The van der Waals surface area contributed by atoms with E-state index in [0.29, 0.717) is 23.4 Å². The summed E-state index contributed by atoms with van der Waals surface area (Å²) in [7, 11) is 0. The second kappa shape index (κ2) is 13.1. The van der Waals surface area contributed by atoms with Crippen molar-refractivity contribution in [1.82, 2.24) is 9.55 Å². The van der Waals surface area contributed by atoms with Crippen LogP contribution in [0.4, 0.5) is 0 Å². The van der Waals surface area contributed by atoms with Crippen molar-refractivity contribution in [1.29, 1.82) is 0 Å². The predicted octanol–water partition coefficient (Wildman–Crippen LogP) is 5.96. The summed E-state index contributed by atoms with van der Waals surface area (Å²) in [5.74, 6) is 0. The van der Waals surface area contributed by atoms with Crippen LogP contribution in [0.25, 0.3) is 21.3 Å². The standard InChI is InChI=1S/C30H27BrN2O5S/c31-24-13-11-23(12-14-24)26-19-39-28-27(26)33(30(35)32-29(28)34)20-38-25(17-36-15-21-7-3-1-4-8-21)18-37-16-22-9-5-2-6-10-22/h1-14,19,25H,15-18,20H2,(H,32,34,35). The highest BCUT2D eigenvalue weighted by Gasteiger charge is 2.18. The fourth-order valence-corrected chi connectivity index (χ4v) is 5.39. The Morgan fingerprint density at radius 1 is 0.821 bits per heavy atom. The molecule has 5 aromatic rings. The van der Waals surface area contributed by atoms with Crippen LogP contribution in [0.5, 0.6) is 0 Å². The van der Waals surface area contributed by atoms with Gasteiger partial charge in [0.2, 0.25) is 0 Å². The highest BCUT2D eigenvalue weighted by atomic mass is 79.9. The van der Waals surface area contributed by atoms with E-state index in [-0.39, 0.29) is 19.9 Å². The first kappa shape index (κ1) is 27.2. The second-order valence-corrected chi connectivity index (χ2v) is 10.7. The molecule has 0 aliphatic rings. The van der Waals surface area contributed by atoms with Gasteiger partial charge in [-0.25, -0.2) is 4.79 Å². The van der Waals surface area contributed by atoms with Crippen molar-refractivity contribution in [3.05, 3.63) is 127 Å². The van der Waals surface area contributed by atoms with Gasteiger partial charge in [-0.05, 0) is 28.8 Å². The normalized spacial score (nSPS) is 11.4. The van der Waals surface area contributed by atoms with Crippen LogP contribution in [-0.2, 0) is 34.2 Å². The van der Waals surface area contributed by atoms with Crippen molar-refractivity contribution < 1.29 is 14.2 Å². The summed E-state index contributed by atoms with van der Waals surface area (Å²) in [5, 5.41) is 1.89. The van der Waals surface area contributed by atoms with E-state index < -0.39 is 17.4 Å². The number of thiophene rings is 1. The first-order valence-corrected chi connectivity index (χ1v) is 14.1. The van der Waals surface area contributed by atoms with Crippen molar-refractivity contribution in [2.75, 3.05) is 13.2 Å². The lowest BCUT2D eigenvalue weighted by Crippen LogP contribution is -2.33. The van der Waals surface area contributed by atoms with E-state index in [4.69, 9.17) is 14.2 Å². The smallest absolute Gasteiger partial charge is 0.330 e. The van der Waals surface area contributed by atoms with Crippen LogP contribution >= 0.6 is 27.3 Å². The van der Waals surface area contributed by atoms with Crippen LogP contribution in [0, 0.1) is 0 Å². The molecule has 0 spiro atoms. The third kappa shape index (κ3) is 7.00. The van der Waals surface area contributed by atoms with Gasteiger partial charge in [0.05, 0.1) is 31.9 Å². The molecule has 7 nitrogen and oxygen atoms in total. The van der Waals surface area contributed by atoms with E-state index in [1.165, 1.54) is 15.9 Å². The van der Waals surface area contributed by atoms with E-state index in [1.54, 1.807) is 0 Å². The molecule has 0 bridgehead atoms. The largest absolute Gasteiger partial charge is 0.374 e. The van der Waals surface area contributed by atoms with E-state index in [0.717, 1.165) is 26.7 Å². The molecule has 3 aromatic carbocycles. The van der Waals surface area contributed by atoms with Crippen LogP contribution in [0.15, 0.2) is 104 Å². The molecule has 39 heavy (non-hydrogen) atoms. The number of rotatable bonds is 12. The number of H-pyrrole nitrogens is 1. The minimum Gasteiger partial charge on any atom is -0.374 e. The summed E-state index contributed by atoms with van der Waals surface area (Å²) in [6.07, 6.45) is -0.443. The number of hydrogen-bond acceptors (Lipinski definition) is 6. The number of hydrogen-bond donors (Lipinski definition) is 1. The number of nitrogens with zero attached hydrogens (tertiary/aromatic N) is 1. The van der Waals surface area contributed by atoms with Gasteiger partial charge in [0.15, 0.2) is 0 Å². The molecule has 0 aliphatic carbocycles. The molecular formula is C30H27BrN2O5S. The molecule has 0 fully saturated rings. The van der Waals surface area contributed by atoms with Crippen molar-refractivity contribution in [2.24, 2.45) is 0 Å². The van der Waals surface area contributed by atoms with Crippen LogP contribution in [0.2, 0.25) is 0 Å². The Bertz CT molecular complexity index is 1570. The molecule has 0 atom stereocenters. The van der Waals surface area contributed by atoms with Gasteiger partial charge in [-0.2, -0.15) is 0 Å². The topological polar surface area (TPSA) is 82.6 Å². The number of halogens is 1. The minimum atomic E-state index is -0.529. The molecule has 9 heteroatoms. The lowest BCUT2D eigenvalue weighted by atomic mass is 10.1. The number of aromatic nitrogens is 2. The van der Waals surface area contributed by atoms with Crippen LogP contribution < -0.4 is 11.2 Å². The van der Waals surface area contributed by atoms with Crippen molar-refractivity contribution >= 4 is 37.5 Å². The third-order valence-electron chi connectivity index (χ3n) is 6.13. The number of nitrogens with one attached hydrogen (secondary N) is 1. The Hall–Kier alpha value is -3.34. The first-order chi connectivity index (χ1) is 19.1. The Labute approximate surface area is 237 Å². The summed E-state index contributed by atoms with van der Waals surface area (Å²) in [6.45, 7) is 1.34. The Balaban J connectivity index is 1.35.